The number of amides is 2. The van der Waals surface area contributed by atoms with E-state index in [1.165, 1.54) is 14.3 Å². The lowest BCUT2D eigenvalue weighted by molar-refractivity contribution is -0.107. The molecule has 47 heavy (non-hydrogen) atoms. The molecule has 2 amide bonds. The van der Waals surface area contributed by atoms with Crippen molar-refractivity contribution in [3.05, 3.63) is 89.3 Å². The zero-order valence-corrected chi connectivity index (χ0v) is 27.3. The standard InChI is InChI=1S/C35H39N5O7/c1-6-44-28-14-12-27(13-15-28)39(34(43)47-35(3,4)5)32-24(2)31(37-30-16-19-36-40(30)32)46-29-22-38(20-17-26(29)18-21-41)33(42)45-23-25-10-8-7-9-11-25/h7-16,19,21H,6,17-18,20,22-23H2,1-5H3. The highest BCUT2D eigenvalue weighted by molar-refractivity contribution is 5.96. The molecule has 246 valence electrons. The maximum atomic E-state index is 13.9. The van der Waals surface area contributed by atoms with E-state index in [4.69, 9.17) is 23.9 Å². The molecule has 2 aromatic heterocycles. The molecule has 3 heterocycles. The van der Waals surface area contributed by atoms with Crippen LogP contribution in [-0.4, -0.2) is 63.3 Å². The van der Waals surface area contributed by atoms with E-state index >= 15 is 0 Å². The summed E-state index contributed by atoms with van der Waals surface area (Å²) in [6.07, 6.45) is 1.81. The summed E-state index contributed by atoms with van der Waals surface area (Å²) in [7, 11) is 0. The number of aromatic nitrogens is 3. The van der Waals surface area contributed by atoms with Gasteiger partial charge in [-0.2, -0.15) is 14.6 Å². The van der Waals surface area contributed by atoms with Gasteiger partial charge in [0.1, 0.15) is 30.0 Å². The number of anilines is 2. The molecule has 0 unspecified atom stereocenters. The number of rotatable bonds is 10. The van der Waals surface area contributed by atoms with Gasteiger partial charge in [0, 0.05) is 19.0 Å². The quantitative estimate of drug-likeness (QED) is 0.172. The molecule has 2 aromatic carbocycles. The molecule has 5 rings (SSSR count). The van der Waals surface area contributed by atoms with Gasteiger partial charge in [0.05, 0.1) is 30.6 Å². The molecule has 0 atom stereocenters. The second kappa shape index (κ2) is 14.4. The predicted octanol–water partition coefficient (Wildman–Crippen LogP) is 6.77. The molecule has 1 aliphatic rings. The monoisotopic (exact) mass is 641 g/mol. The fourth-order valence-electron chi connectivity index (χ4n) is 5.11. The Bertz CT molecular complexity index is 1760. The maximum absolute atomic E-state index is 13.9. The summed E-state index contributed by atoms with van der Waals surface area (Å²) in [6, 6.07) is 18.2. The number of aldehydes is 1. The van der Waals surface area contributed by atoms with Crippen LogP contribution in [0, 0.1) is 6.92 Å². The Balaban J connectivity index is 1.51. The molecule has 0 spiro atoms. The van der Waals surface area contributed by atoms with Crippen LogP contribution in [0.2, 0.25) is 0 Å². The Morgan fingerprint density at radius 3 is 2.47 bits per heavy atom. The van der Waals surface area contributed by atoms with E-state index in [0.29, 0.717) is 53.8 Å². The van der Waals surface area contributed by atoms with Crippen molar-refractivity contribution in [1.29, 1.82) is 0 Å². The predicted molar refractivity (Wildman–Crippen MR) is 175 cm³/mol. The first kappa shape index (κ1) is 33.0. The van der Waals surface area contributed by atoms with Crippen LogP contribution < -0.4 is 14.4 Å². The van der Waals surface area contributed by atoms with Crippen molar-refractivity contribution < 1.29 is 33.3 Å². The average Bonchev–Trinajstić information content (AvgIpc) is 3.51. The number of ether oxygens (including phenoxy) is 4. The molecule has 1 aliphatic heterocycles. The van der Waals surface area contributed by atoms with Gasteiger partial charge in [-0.25, -0.2) is 14.5 Å². The van der Waals surface area contributed by atoms with E-state index in [1.54, 1.807) is 64.2 Å². The number of carbonyl (C=O) groups excluding carboxylic acids is 3. The average molecular weight is 642 g/mol. The number of hydrogen-bond donors (Lipinski definition) is 0. The summed E-state index contributed by atoms with van der Waals surface area (Å²) in [5.74, 6) is 1.60. The van der Waals surface area contributed by atoms with Gasteiger partial charge in [-0.3, -0.25) is 0 Å². The highest BCUT2D eigenvalue weighted by Gasteiger charge is 2.32. The molecular weight excluding hydrogens is 602 g/mol. The maximum Gasteiger partial charge on any atom is 0.420 e. The number of fused-ring (bicyclic) bond motifs is 1. The summed E-state index contributed by atoms with van der Waals surface area (Å²) >= 11 is 0. The van der Waals surface area contributed by atoms with Crippen LogP contribution in [0.1, 0.15) is 51.7 Å². The third kappa shape index (κ3) is 7.89. The lowest BCUT2D eigenvalue weighted by atomic mass is 10.0. The van der Waals surface area contributed by atoms with Crippen LogP contribution in [-0.2, 0) is 20.9 Å². The van der Waals surface area contributed by atoms with E-state index in [1.807, 2.05) is 37.3 Å². The van der Waals surface area contributed by atoms with Crippen LogP contribution >= 0.6 is 0 Å². The summed E-state index contributed by atoms with van der Waals surface area (Å²) < 4.78 is 25.0. The first-order valence-corrected chi connectivity index (χ1v) is 15.5. The van der Waals surface area contributed by atoms with Crippen molar-refractivity contribution in [1.82, 2.24) is 19.5 Å². The Hall–Kier alpha value is -5.39. The first-order valence-electron chi connectivity index (χ1n) is 15.5. The smallest absolute Gasteiger partial charge is 0.420 e. The lowest BCUT2D eigenvalue weighted by Crippen LogP contribution is -2.39. The van der Waals surface area contributed by atoms with Crippen LogP contribution in [0.25, 0.3) is 5.65 Å². The SMILES string of the molecule is CCOc1ccc(N(C(=O)OC(C)(C)C)c2c(C)c(OC3=C(CC=O)CCN(C(=O)OCc4ccccc4)C3)nc3ccnn23)cc1. The van der Waals surface area contributed by atoms with Gasteiger partial charge in [0.2, 0.25) is 5.88 Å². The number of benzene rings is 2. The van der Waals surface area contributed by atoms with Gasteiger partial charge in [0.25, 0.3) is 0 Å². The third-order valence-electron chi connectivity index (χ3n) is 7.31. The van der Waals surface area contributed by atoms with Crippen molar-refractivity contribution in [3.63, 3.8) is 0 Å². The minimum atomic E-state index is -0.792. The normalized spacial score (nSPS) is 13.3. The van der Waals surface area contributed by atoms with Gasteiger partial charge in [-0.1, -0.05) is 30.3 Å². The van der Waals surface area contributed by atoms with Gasteiger partial charge in [-0.05, 0) is 76.4 Å². The highest BCUT2D eigenvalue weighted by Crippen LogP contribution is 2.36. The molecular formula is C35H39N5O7. The topological polar surface area (TPSA) is 125 Å². The van der Waals surface area contributed by atoms with Crippen molar-refractivity contribution in [2.45, 2.75) is 59.7 Å². The Labute approximate surface area is 273 Å². The van der Waals surface area contributed by atoms with E-state index < -0.39 is 17.8 Å². The van der Waals surface area contributed by atoms with Gasteiger partial charge in [-0.15, -0.1) is 0 Å². The number of nitrogens with zero attached hydrogens (tertiary/aromatic N) is 5. The third-order valence-corrected chi connectivity index (χ3v) is 7.31. The second-order valence-electron chi connectivity index (χ2n) is 11.9. The first-order chi connectivity index (χ1) is 22.6. The molecule has 0 N–H and O–H groups in total. The van der Waals surface area contributed by atoms with Crippen molar-refractivity contribution in [2.24, 2.45) is 0 Å². The fraction of sp³-hybridized carbons (Fsp3) is 0.343. The van der Waals surface area contributed by atoms with E-state index in [9.17, 15) is 14.4 Å². The molecule has 0 fully saturated rings. The summed E-state index contributed by atoms with van der Waals surface area (Å²) in [5, 5.41) is 4.46. The van der Waals surface area contributed by atoms with Gasteiger partial charge < -0.3 is 28.6 Å². The molecule has 0 bridgehead atoms. The molecule has 12 heteroatoms. The zero-order valence-electron chi connectivity index (χ0n) is 27.3. The number of hydrogen-bond acceptors (Lipinski definition) is 9. The molecule has 4 aromatic rings. The molecule has 0 radical (unpaired) electrons. The minimum absolute atomic E-state index is 0.0758. The van der Waals surface area contributed by atoms with Crippen LogP contribution in [0.15, 0.2) is 78.2 Å². The second-order valence-corrected chi connectivity index (χ2v) is 11.9. The number of carbonyl (C=O) groups is 3. The van der Waals surface area contributed by atoms with Crippen molar-refractivity contribution in [2.75, 3.05) is 24.6 Å². The molecule has 0 saturated carbocycles. The van der Waals surface area contributed by atoms with Crippen LogP contribution in [0.4, 0.5) is 21.1 Å². The van der Waals surface area contributed by atoms with E-state index in [-0.39, 0.29) is 25.5 Å². The zero-order chi connectivity index (χ0) is 33.6. The van der Waals surface area contributed by atoms with Crippen LogP contribution in [0.3, 0.4) is 0 Å². The summed E-state index contributed by atoms with van der Waals surface area (Å²) in [6.45, 7) is 10.1. The molecule has 0 saturated heterocycles. The van der Waals surface area contributed by atoms with Crippen molar-refractivity contribution in [3.8, 4) is 11.6 Å². The van der Waals surface area contributed by atoms with Crippen molar-refractivity contribution >= 4 is 35.6 Å². The van der Waals surface area contributed by atoms with E-state index in [2.05, 4.69) is 5.10 Å². The minimum Gasteiger partial charge on any atom is -0.494 e. The lowest BCUT2D eigenvalue weighted by Gasteiger charge is -2.31. The Morgan fingerprint density at radius 2 is 1.79 bits per heavy atom. The Kier molecular flexibility index (Phi) is 10.1. The Morgan fingerprint density at radius 1 is 1.04 bits per heavy atom. The van der Waals surface area contributed by atoms with Gasteiger partial charge in [0.15, 0.2) is 11.5 Å². The molecule has 0 aliphatic carbocycles. The molecule has 12 nitrogen and oxygen atoms in total. The fourth-order valence-corrected chi connectivity index (χ4v) is 5.11. The van der Waals surface area contributed by atoms with Gasteiger partial charge >= 0.3 is 12.2 Å². The van der Waals surface area contributed by atoms with E-state index in [0.717, 1.165) is 17.4 Å². The largest absolute Gasteiger partial charge is 0.494 e. The van der Waals surface area contributed by atoms with Crippen LogP contribution in [0.5, 0.6) is 11.6 Å². The summed E-state index contributed by atoms with van der Waals surface area (Å²) in [4.78, 5) is 46.2. The highest BCUT2D eigenvalue weighted by atomic mass is 16.6. The summed E-state index contributed by atoms with van der Waals surface area (Å²) in [5.41, 5.74) is 2.22.